The van der Waals surface area contributed by atoms with Gasteiger partial charge in [-0.2, -0.15) is 18.2 Å². The lowest BCUT2D eigenvalue weighted by atomic mass is 10.0. The molecule has 5 rings (SSSR count). The molecule has 0 radical (unpaired) electrons. The van der Waals surface area contributed by atoms with E-state index in [0.29, 0.717) is 16.9 Å². The normalized spacial score (nSPS) is 17.4. The van der Waals surface area contributed by atoms with Crippen molar-refractivity contribution in [1.82, 2.24) is 14.5 Å². The zero-order valence-electron chi connectivity index (χ0n) is 18.2. The number of aromatic hydroxyl groups is 2. The third-order valence-electron chi connectivity index (χ3n) is 5.95. The number of carbonyl (C=O) groups is 1. The molecule has 4 aromatic rings. The number of anilines is 1. The largest absolute Gasteiger partial charge is 0.508 e. The van der Waals surface area contributed by atoms with Crippen molar-refractivity contribution in [3.8, 4) is 23.1 Å². The van der Waals surface area contributed by atoms with Gasteiger partial charge in [0.15, 0.2) is 0 Å². The first kappa shape index (κ1) is 22.5. The van der Waals surface area contributed by atoms with Gasteiger partial charge in [0.25, 0.3) is 0 Å². The molecule has 8 nitrogen and oxygen atoms in total. The number of nitrogens with one attached hydrogen (secondary N) is 1. The Morgan fingerprint density at radius 1 is 1.11 bits per heavy atom. The number of rotatable bonds is 5. The van der Waals surface area contributed by atoms with Gasteiger partial charge in [-0.05, 0) is 54.3 Å². The highest BCUT2D eigenvalue weighted by Crippen LogP contribution is 2.52. The van der Waals surface area contributed by atoms with E-state index in [1.165, 1.54) is 24.5 Å². The zero-order chi connectivity index (χ0) is 24.9. The number of hydrogen-bond acceptors (Lipinski definition) is 6. The number of hydrogen-bond donors (Lipinski definition) is 3. The van der Waals surface area contributed by atoms with Gasteiger partial charge in [0.1, 0.15) is 29.1 Å². The van der Waals surface area contributed by atoms with E-state index in [0.717, 1.165) is 18.2 Å². The molecule has 2 atom stereocenters. The van der Waals surface area contributed by atoms with E-state index < -0.39 is 29.5 Å². The lowest BCUT2D eigenvalue weighted by Gasteiger charge is -2.12. The number of nitrogens with zero attached hydrogens (tertiary/aromatic N) is 3. The number of amides is 1. The first-order chi connectivity index (χ1) is 16.6. The lowest BCUT2D eigenvalue weighted by Crippen LogP contribution is -2.15. The Balaban J connectivity index is 1.29. The monoisotopic (exact) mass is 484 g/mol. The predicted octanol–water partition coefficient (Wildman–Crippen LogP) is 4.93. The highest BCUT2D eigenvalue weighted by molar-refractivity contribution is 5.96. The van der Waals surface area contributed by atoms with E-state index in [1.807, 2.05) is 19.3 Å². The van der Waals surface area contributed by atoms with Crippen molar-refractivity contribution in [2.45, 2.75) is 18.5 Å². The van der Waals surface area contributed by atoms with Crippen LogP contribution in [0.4, 0.5) is 18.9 Å². The molecular formula is C24H19F3N4O4. The number of aromatic nitrogens is 3. The summed E-state index contributed by atoms with van der Waals surface area (Å²) in [7, 11) is 1.82. The SMILES string of the molecule is Cn1ccc2ncnc(Oc3ccc(NC(=O)C4CC4c4cc(C(F)(F)F)ccc4O)c(O)c3)c21. The third-order valence-corrected chi connectivity index (χ3v) is 5.95. The van der Waals surface area contributed by atoms with Crippen molar-refractivity contribution in [2.75, 3.05) is 5.32 Å². The van der Waals surface area contributed by atoms with Gasteiger partial charge in [0, 0.05) is 25.2 Å². The summed E-state index contributed by atoms with van der Waals surface area (Å²) in [5, 5.41) is 23.0. The van der Waals surface area contributed by atoms with Crippen LogP contribution in [0.15, 0.2) is 55.0 Å². The van der Waals surface area contributed by atoms with Crippen LogP contribution in [0.1, 0.15) is 23.5 Å². The van der Waals surface area contributed by atoms with Gasteiger partial charge < -0.3 is 24.8 Å². The first-order valence-electron chi connectivity index (χ1n) is 10.6. The maximum Gasteiger partial charge on any atom is 0.416 e. The maximum atomic E-state index is 13.0. The minimum atomic E-state index is -4.55. The molecule has 1 aliphatic rings. The maximum absolute atomic E-state index is 13.0. The molecule has 2 heterocycles. The molecule has 1 aliphatic carbocycles. The van der Waals surface area contributed by atoms with Crippen LogP contribution in [0.3, 0.4) is 0 Å². The molecule has 1 fully saturated rings. The molecule has 0 aliphatic heterocycles. The highest BCUT2D eigenvalue weighted by Gasteiger charge is 2.46. The van der Waals surface area contributed by atoms with Gasteiger partial charge >= 0.3 is 6.18 Å². The van der Waals surface area contributed by atoms with E-state index in [9.17, 15) is 28.2 Å². The molecule has 0 saturated heterocycles. The fourth-order valence-electron chi connectivity index (χ4n) is 4.03. The molecule has 2 aromatic heterocycles. The van der Waals surface area contributed by atoms with Crippen molar-refractivity contribution in [2.24, 2.45) is 13.0 Å². The van der Waals surface area contributed by atoms with E-state index in [-0.39, 0.29) is 34.9 Å². The number of ether oxygens (including phenoxy) is 1. The van der Waals surface area contributed by atoms with Gasteiger partial charge in [-0.25, -0.2) is 4.98 Å². The summed E-state index contributed by atoms with van der Waals surface area (Å²) in [4.78, 5) is 21.0. The number of phenolic OH excluding ortho intramolecular Hbond substituents is 2. The van der Waals surface area contributed by atoms with Crippen LogP contribution in [-0.2, 0) is 18.0 Å². The first-order valence-corrected chi connectivity index (χ1v) is 10.6. The minimum absolute atomic E-state index is 0.0739. The standard InChI is InChI=1S/C24H19F3N4O4/c1-31-7-6-18-21(31)23(29-11-28-18)35-13-3-4-17(20(33)9-13)30-22(34)16-10-14(16)15-8-12(24(25,26)27)2-5-19(15)32/h2-9,11,14,16,32-33H,10H2,1H3,(H,30,34). The number of alkyl halides is 3. The van der Waals surface area contributed by atoms with Crippen LogP contribution in [0, 0.1) is 5.92 Å². The number of benzene rings is 2. The van der Waals surface area contributed by atoms with E-state index in [4.69, 9.17) is 4.74 Å². The van der Waals surface area contributed by atoms with Gasteiger partial charge in [-0.3, -0.25) is 4.79 Å². The number of phenols is 2. The Kier molecular flexibility index (Phi) is 5.27. The summed E-state index contributed by atoms with van der Waals surface area (Å²) in [6.45, 7) is 0. The Hall–Kier alpha value is -4.28. The second-order valence-electron chi connectivity index (χ2n) is 8.33. The Labute approximate surface area is 196 Å². The molecular weight excluding hydrogens is 465 g/mol. The molecule has 35 heavy (non-hydrogen) atoms. The van der Waals surface area contributed by atoms with Gasteiger partial charge in [0.05, 0.1) is 16.8 Å². The average molecular weight is 484 g/mol. The van der Waals surface area contributed by atoms with E-state index >= 15 is 0 Å². The molecule has 180 valence electrons. The van der Waals surface area contributed by atoms with Crippen molar-refractivity contribution in [3.63, 3.8) is 0 Å². The topological polar surface area (TPSA) is 110 Å². The predicted molar refractivity (Wildman–Crippen MR) is 119 cm³/mol. The lowest BCUT2D eigenvalue weighted by molar-refractivity contribution is -0.137. The summed E-state index contributed by atoms with van der Waals surface area (Å²) >= 11 is 0. The van der Waals surface area contributed by atoms with Crippen molar-refractivity contribution in [3.05, 3.63) is 66.1 Å². The van der Waals surface area contributed by atoms with Crippen LogP contribution >= 0.6 is 0 Å². The molecule has 1 saturated carbocycles. The van der Waals surface area contributed by atoms with Crippen LogP contribution in [0.2, 0.25) is 0 Å². The fourth-order valence-corrected chi connectivity index (χ4v) is 4.03. The van der Waals surface area contributed by atoms with Gasteiger partial charge in [-0.15, -0.1) is 0 Å². The molecule has 0 spiro atoms. The fraction of sp³-hybridized carbons (Fsp3) is 0.208. The number of aryl methyl sites for hydroxylation is 1. The average Bonchev–Trinajstić information content (AvgIpc) is 3.51. The zero-order valence-corrected chi connectivity index (χ0v) is 18.2. The number of fused-ring (bicyclic) bond motifs is 1. The van der Waals surface area contributed by atoms with Crippen LogP contribution < -0.4 is 10.1 Å². The smallest absolute Gasteiger partial charge is 0.416 e. The molecule has 2 aromatic carbocycles. The summed E-state index contributed by atoms with van der Waals surface area (Å²) < 4.78 is 46.6. The number of halogens is 3. The Bertz CT molecular complexity index is 1450. The van der Waals surface area contributed by atoms with Crippen LogP contribution in [0.5, 0.6) is 23.1 Å². The van der Waals surface area contributed by atoms with Crippen molar-refractivity contribution < 1.29 is 32.9 Å². The quantitative estimate of drug-likeness (QED) is 0.347. The molecule has 2 unspecified atom stereocenters. The highest BCUT2D eigenvalue weighted by atomic mass is 19.4. The molecule has 0 bridgehead atoms. The van der Waals surface area contributed by atoms with E-state index in [2.05, 4.69) is 15.3 Å². The minimum Gasteiger partial charge on any atom is -0.508 e. The van der Waals surface area contributed by atoms with Crippen LogP contribution in [0.25, 0.3) is 11.0 Å². The summed E-state index contributed by atoms with van der Waals surface area (Å²) in [5.74, 6) is -1.64. The van der Waals surface area contributed by atoms with Crippen molar-refractivity contribution in [1.29, 1.82) is 0 Å². The van der Waals surface area contributed by atoms with Crippen LogP contribution in [-0.4, -0.2) is 30.7 Å². The Morgan fingerprint density at radius 3 is 2.66 bits per heavy atom. The van der Waals surface area contributed by atoms with Gasteiger partial charge in [0.2, 0.25) is 11.8 Å². The molecule has 11 heteroatoms. The summed E-state index contributed by atoms with van der Waals surface area (Å²) in [6, 6.07) is 8.76. The third kappa shape index (κ3) is 4.32. The summed E-state index contributed by atoms with van der Waals surface area (Å²) in [6.07, 6.45) is -1.10. The van der Waals surface area contributed by atoms with E-state index in [1.54, 1.807) is 4.57 Å². The van der Waals surface area contributed by atoms with Crippen molar-refractivity contribution >= 4 is 22.6 Å². The second kappa shape index (κ2) is 8.19. The summed E-state index contributed by atoms with van der Waals surface area (Å²) in [5.41, 5.74) is 0.664. The Morgan fingerprint density at radius 2 is 1.91 bits per heavy atom. The molecule has 1 amide bonds. The van der Waals surface area contributed by atoms with Gasteiger partial charge in [-0.1, -0.05) is 0 Å². The number of carbonyl (C=O) groups excluding carboxylic acids is 1. The molecule has 3 N–H and O–H groups in total. The second-order valence-corrected chi connectivity index (χ2v) is 8.33.